The predicted molar refractivity (Wildman–Crippen MR) is 44.6 cm³/mol. The Labute approximate surface area is 68.2 Å². The summed E-state index contributed by atoms with van der Waals surface area (Å²) in [4.78, 5) is 0. The molecule has 11 heavy (non-hydrogen) atoms. The normalized spacial score (nSPS) is 32.4. The Morgan fingerprint density at radius 2 is 1.64 bits per heavy atom. The summed E-state index contributed by atoms with van der Waals surface area (Å²) in [5, 5.41) is 0. The lowest BCUT2D eigenvalue weighted by Crippen LogP contribution is -2.27. The van der Waals surface area contributed by atoms with E-state index in [0.29, 0.717) is 12.2 Å². The fourth-order valence-corrected chi connectivity index (χ4v) is 1.55. The first-order valence-corrected chi connectivity index (χ1v) is 3.98. The van der Waals surface area contributed by atoms with Gasteiger partial charge >= 0.3 is 0 Å². The van der Waals surface area contributed by atoms with E-state index in [1.165, 1.54) is 5.57 Å². The molecule has 2 atom stereocenters. The lowest BCUT2D eigenvalue weighted by molar-refractivity contribution is 0.00705. The molecule has 1 saturated carbocycles. The number of ether oxygens (including phenoxy) is 2. The van der Waals surface area contributed by atoms with Gasteiger partial charge in [0.05, 0.1) is 12.2 Å². The van der Waals surface area contributed by atoms with Gasteiger partial charge in [-0.2, -0.15) is 0 Å². The van der Waals surface area contributed by atoms with Gasteiger partial charge in [0.2, 0.25) is 0 Å². The average molecular weight is 156 g/mol. The zero-order valence-electron chi connectivity index (χ0n) is 7.30. The Morgan fingerprint density at radius 3 is 2.00 bits per heavy atom. The molecular formula is C9H16O2. The van der Waals surface area contributed by atoms with Crippen LogP contribution in [0.25, 0.3) is 0 Å². The van der Waals surface area contributed by atoms with Crippen molar-refractivity contribution in [3.8, 4) is 0 Å². The van der Waals surface area contributed by atoms with E-state index in [1.807, 2.05) is 0 Å². The van der Waals surface area contributed by atoms with E-state index >= 15 is 0 Å². The first-order valence-electron chi connectivity index (χ1n) is 3.98. The molecule has 0 heterocycles. The lowest BCUT2D eigenvalue weighted by atomic mass is 9.91. The monoisotopic (exact) mass is 156 g/mol. The zero-order chi connectivity index (χ0) is 8.27. The Bertz CT molecular complexity index is 128. The molecule has 0 aromatic heterocycles. The highest BCUT2D eigenvalue weighted by Gasteiger charge is 2.23. The van der Waals surface area contributed by atoms with E-state index in [9.17, 15) is 0 Å². The van der Waals surface area contributed by atoms with Crippen molar-refractivity contribution in [2.24, 2.45) is 0 Å². The molecule has 0 aliphatic heterocycles. The summed E-state index contributed by atoms with van der Waals surface area (Å²) in [6, 6.07) is 0. The molecule has 0 saturated heterocycles. The predicted octanol–water partition coefficient (Wildman–Crippen LogP) is 1.76. The second kappa shape index (κ2) is 3.88. The van der Waals surface area contributed by atoms with Gasteiger partial charge in [-0.3, -0.25) is 0 Å². The van der Waals surface area contributed by atoms with E-state index in [-0.39, 0.29) is 0 Å². The zero-order valence-corrected chi connectivity index (χ0v) is 7.30. The minimum absolute atomic E-state index is 0.321. The summed E-state index contributed by atoms with van der Waals surface area (Å²) in [5.74, 6) is 0. The quantitative estimate of drug-likeness (QED) is 0.567. The molecule has 1 aliphatic rings. The third-order valence-corrected chi connectivity index (χ3v) is 2.23. The maximum absolute atomic E-state index is 5.25. The number of rotatable bonds is 2. The van der Waals surface area contributed by atoms with Crippen molar-refractivity contribution >= 4 is 0 Å². The third kappa shape index (κ3) is 2.31. The molecule has 1 aliphatic carbocycles. The maximum Gasteiger partial charge on any atom is 0.0633 e. The molecule has 0 bridgehead atoms. The van der Waals surface area contributed by atoms with Crippen molar-refractivity contribution < 1.29 is 9.47 Å². The summed E-state index contributed by atoms with van der Waals surface area (Å²) in [6.07, 6.45) is 3.64. The molecule has 64 valence electrons. The van der Waals surface area contributed by atoms with E-state index in [1.54, 1.807) is 14.2 Å². The van der Waals surface area contributed by atoms with Crippen LogP contribution in [0.5, 0.6) is 0 Å². The van der Waals surface area contributed by atoms with Crippen LogP contribution in [0.4, 0.5) is 0 Å². The van der Waals surface area contributed by atoms with Crippen molar-refractivity contribution in [1.82, 2.24) is 0 Å². The molecule has 0 radical (unpaired) electrons. The Balaban J connectivity index is 2.43. The summed E-state index contributed by atoms with van der Waals surface area (Å²) < 4.78 is 10.5. The molecule has 0 N–H and O–H groups in total. The van der Waals surface area contributed by atoms with Crippen molar-refractivity contribution in [2.75, 3.05) is 14.2 Å². The SMILES string of the molecule is C=C1CC(OC)CC(OC)C1. The van der Waals surface area contributed by atoms with Crippen LogP contribution in [-0.4, -0.2) is 26.4 Å². The first-order chi connectivity index (χ1) is 5.26. The van der Waals surface area contributed by atoms with Crippen molar-refractivity contribution in [3.63, 3.8) is 0 Å². The Hall–Kier alpha value is -0.340. The molecule has 0 aromatic carbocycles. The fraction of sp³-hybridized carbons (Fsp3) is 0.778. The van der Waals surface area contributed by atoms with Crippen LogP contribution in [0.1, 0.15) is 19.3 Å². The Kier molecular flexibility index (Phi) is 3.09. The first kappa shape index (κ1) is 8.75. The van der Waals surface area contributed by atoms with Gasteiger partial charge in [-0.05, 0) is 12.8 Å². The van der Waals surface area contributed by atoms with E-state index in [0.717, 1.165) is 19.3 Å². The summed E-state index contributed by atoms with van der Waals surface area (Å²) >= 11 is 0. The molecule has 0 spiro atoms. The van der Waals surface area contributed by atoms with Crippen LogP contribution in [0.2, 0.25) is 0 Å². The van der Waals surface area contributed by atoms with Gasteiger partial charge in [0.1, 0.15) is 0 Å². The van der Waals surface area contributed by atoms with E-state index in [4.69, 9.17) is 9.47 Å². The fourth-order valence-electron chi connectivity index (χ4n) is 1.55. The number of hydrogen-bond acceptors (Lipinski definition) is 2. The van der Waals surface area contributed by atoms with Crippen molar-refractivity contribution in [2.45, 2.75) is 31.5 Å². The van der Waals surface area contributed by atoms with Crippen molar-refractivity contribution in [3.05, 3.63) is 12.2 Å². The van der Waals surface area contributed by atoms with Gasteiger partial charge in [-0.15, -0.1) is 0 Å². The van der Waals surface area contributed by atoms with Crippen LogP contribution in [-0.2, 0) is 9.47 Å². The van der Waals surface area contributed by atoms with Gasteiger partial charge in [-0.1, -0.05) is 12.2 Å². The lowest BCUT2D eigenvalue weighted by Gasteiger charge is -2.28. The second-order valence-corrected chi connectivity index (χ2v) is 3.11. The molecule has 1 fully saturated rings. The van der Waals surface area contributed by atoms with Gasteiger partial charge in [0.15, 0.2) is 0 Å². The minimum Gasteiger partial charge on any atom is -0.381 e. The molecule has 1 rings (SSSR count). The molecule has 0 amide bonds. The van der Waals surface area contributed by atoms with Crippen molar-refractivity contribution in [1.29, 1.82) is 0 Å². The highest BCUT2D eigenvalue weighted by atomic mass is 16.5. The molecule has 2 heteroatoms. The largest absolute Gasteiger partial charge is 0.381 e. The second-order valence-electron chi connectivity index (χ2n) is 3.11. The minimum atomic E-state index is 0.321. The average Bonchev–Trinajstić information content (AvgIpc) is 2.03. The highest BCUT2D eigenvalue weighted by Crippen LogP contribution is 2.25. The summed E-state index contributed by atoms with van der Waals surface area (Å²) in [6.45, 7) is 3.95. The highest BCUT2D eigenvalue weighted by molar-refractivity contribution is 5.03. The van der Waals surface area contributed by atoms with Crippen LogP contribution in [0, 0.1) is 0 Å². The maximum atomic E-state index is 5.25. The van der Waals surface area contributed by atoms with Gasteiger partial charge < -0.3 is 9.47 Å². The third-order valence-electron chi connectivity index (χ3n) is 2.23. The topological polar surface area (TPSA) is 18.5 Å². The summed E-state index contributed by atoms with van der Waals surface area (Å²) in [7, 11) is 3.49. The van der Waals surface area contributed by atoms with E-state index < -0.39 is 0 Å². The van der Waals surface area contributed by atoms with Crippen LogP contribution >= 0.6 is 0 Å². The smallest absolute Gasteiger partial charge is 0.0633 e. The summed E-state index contributed by atoms with van der Waals surface area (Å²) in [5.41, 5.74) is 1.25. The van der Waals surface area contributed by atoms with Crippen LogP contribution < -0.4 is 0 Å². The molecule has 2 unspecified atom stereocenters. The van der Waals surface area contributed by atoms with E-state index in [2.05, 4.69) is 6.58 Å². The standard InChI is InChI=1S/C9H16O2/c1-7-4-8(10-2)6-9(5-7)11-3/h8-9H,1,4-6H2,2-3H3. The molecule has 2 nitrogen and oxygen atoms in total. The molecule has 0 aromatic rings. The Morgan fingerprint density at radius 1 is 1.18 bits per heavy atom. The van der Waals surface area contributed by atoms with Crippen LogP contribution in [0.3, 0.4) is 0 Å². The van der Waals surface area contributed by atoms with Gasteiger partial charge in [0, 0.05) is 20.6 Å². The molecular weight excluding hydrogens is 140 g/mol. The van der Waals surface area contributed by atoms with Crippen LogP contribution in [0.15, 0.2) is 12.2 Å². The van der Waals surface area contributed by atoms with Gasteiger partial charge in [0.25, 0.3) is 0 Å². The number of hydrogen-bond donors (Lipinski definition) is 0. The number of methoxy groups -OCH3 is 2. The van der Waals surface area contributed by atoms with Gasteiger partial charge in [-0.25, -0.2) is 0 Å².